The van der Waals surface area contributed by atoms with Gasteiger partial charge in [0, 0.05) is 18.7 Å². The van der Waals surface area contributed by atoms with Gasteiger partial charge in [0.05, 0.1) is 24.0 Å². The third-order valence-corrected chi connectivity index (χ3v) is 3.66. The minimum absolute atomic E-state index is 0.171. The molecule has 0 aliphatic rings. The zero-order chi connectivity index (χ0) is 19.1. The van der Waals surface area contributed by atoms with Gasteiger partial charge in [0.15, 0.2) is 5.82 Å². The molecule has 1 heterocycles. The standard InChI is InChI=1S/C19H19N5O3/c1-26-8-9-27-16-6-7-17-13(10-16)11-22-19(23-17)18(24-20)12-21-14-2-4-15(25)5-3-14/h2-7,10-12,25H,8-9,20H2,1H3. The lowest BCUT2D eigenvalue weighted by Crippen LogP contribution is -2.10. The van der Waals surface area contributed by atoms with Crippen LogP contribution in [0.1, 0.15) is 5.82 Å². The molecule has 3 rings (SSSR count). The van der Waals surface area contributed by atoms with Gasteiger partial charge < -0.3 is 20.4 Å². The van der Waals surface area contributed by atoms with E-state index in [0.717, 1.165) is 16.7 Å². The average molecular weight is 365 g/mol. The number of ether oxygens (including phenoxy) is 2. The topological polar surface area (TPSA) is 115 Å². The molecular weight excluding hydrogens is 346 g/mol. The Balaban J connectivity index is 1.80. The summed E-state index contributed by atoms with van der Waals surface area (Å²) in [4.78, 5) is 13.1. The van der Waals surface area contributed by atoms with E-state index in [2.05, 4.69) is 20.1 Å². The van der Waals surface area contributed by atoms with Gasteiger partial charge in [-0.25, -0.2) is 9.97 Å². The van der Waals surface area contributed by atoms with E-state index in [4.69, 9.17) is 15.3 Å². The molecule has 3 N–H and O–H groups in total. The summed E-state index contributed by atoms with van der Waals surface area (Å²) in [6.07, 6.45) is 3.16. The van der Waals surface area contributed by atoms with Crippen molar-refractivity contribution in [1.29, 1.82) is 0 Å². The van der Waals surface area contributed by atoms with E-state index in [9.17, 15) is 5.11 Å². The van der Waals surface area contributed by atoms with Crippen LogP contribution in [0, 0.1) is 0 Å². The lowest BCUT2D eigenvalue weighted by Gasteiger charge is -2.07. The van der Waals surface area contributed by atoms with Crippen molar-refractivity contribution in [1.82, 2.24) is 9.97 Å². The Bertz CT molecular complexity index is 971. The summed E-state index contributed by atoms with van der Waals surface area (Å²) < 4.78 is 10.6. The van der Waals surface area contributed by atoms with Gasteiger partial charge >= 0.3 is 0 Å². The summed E-state index contributed by atoms with van der Waals surface area (Å²) in [6.45, 7) is 0.989. The molecule has 3 aromatic rings. The van der Waals surface area contributed by atoms with E-state index in [-0.39, 0.29) is 5.75 Å². The molecule has 0 amide bonds. The van der Waals surface area contributed by atoms with Crippen LogP contribution in [-0.4, -0.2) is 47.3 Å². The first-order chi connectivity index (χ1) is 13.2. The summed E-state index contributed by atoms with van der Waals surface area (Å²) >= 11 is 0. The third kappa shape index (κ3) is 4.77. The molecule has 0 spiro atoms. The Kier molecular flexibility index (Phi) is 5.91. The van der Waals surface area contributed by atoms with Gasteiger partial charge in [-0.1, -0.05) is 0 Å². The van der Waals surface area contributed by atoms with Gasteiger partial charge in [0.2, 0.25) is 0 Å². The molecular formula is C19H19N5O3. The Morgan fingerprint density at radius 2 is 2.00 bits per heavy atom. The smallest absolute Gasteiger partial charge is 0.182 e. The van der Waals surface area contributed by atoms with Gasteiger partial charge in [0.25, 0.3) is 0 Å². The highest BCUT2D eigenvalue weighted by Gasteiger charge is 2.07. The van der Waals surface area contributed by atoms with Crippen molar-refractivity contribution in [2.75, 3.05) is 20.3 Å². The number of aliphatic imine (C=N–C) groups is 1. The van der Waals surface area contributed by atoms with Crippen LogP contribution >= 0.6 is 0 Å². The molecule has 8 nitrogen and oxygen atoms in total. The van der Waals surface area contributed by atoms with Crippen molar-refractivity contribution in [3.63, 3.8) is 0 Å². The molecule has 0 aliphatic carbocycles. The highest BCUT2D eigenvalue weighted by molar-refractivity contribution is 6.37. The van der Waals surface area contributed by atoms with Crippen molar-refractivity contribution < 1.29 is 14.6 Å². The molecule has 0 saturated carbocycles. The molecule has 27 heavy (non-hydrogen) atoms. The first-order valence-corrected chi connectivity index (χ1v) is 8.19. The van der Waals surface area contributed by atoms with Gasteiger partial charge in [0.1, 0.15) is 23.8 Å². The van der Waals surface area contributed by atoms with Crippen LogP contribution in [-0.2, 0) is 4.74 Å². The number of phenolic OH excluding ortho intramolecular Hbond substituents is 1. The molecule has 0 unspecified atom stereocenters. The number of aromatic nitrogens is 2. The summed E-state index contributed by atoms with van der Waals surface area (Å²) in [5.41, 5.74) is 1.72. The zero-order valence-corrected chi connectivity index (χ0v) is 14.7. The third-order valence-electron chi connectivity index (χ3n) is 3.66. The minimum Gasteiger partial charge on any atom is -0.508 e. The number of hydrogen-bond acceptors (Lipinski definition) is 8. The van der Waals surface area contributed by atoms with Crippen LogP contribution in [0.4, 0.5) is 5.69 Å². The van der Waals surface area contributed by atoms with Gasteiger partial charge in [-0.05, 0) is 42.5 Å². The summed E-state index contributed by atoms with van der Waals surface area (Å²) in [5.74, 6) is 6.73. The van der Waals surface area contributed by atoms with Gasteiger partial charge in [-0.3, -0.25) is 4.99 Å². The number of hydrazone groups is 1. The number of fused-ring (bicyclic) bond motifs is 1. The van der Waals surface area contributed by atoms with Crippen molar-refractivity contribution >= 4 is 28.5 Å². The Morgan fingerprint density at radius 1 is 1.19 bits per heavy atom. The van der Waals surface area contributed by atoms with Crippen molar-refractivity contribution in [3.05, 3.63) is 54.5 Å². The molecule has 138 valence electrons. The number of benzene rings is 2. The zero-order valence-electron chi connectivity index (χ0n) is 14.7. The maximum atomic E-state index is 9.31. The highest BCUT2D eigenvalue weighted by atomic mass is 16.5. The van der Waals surface area contributed by atoms with Crippen LogP contribution in [0.2, 0.25) is 0 Å². The number of rotatable bonds is 7. The predicted molar refractivity (Wildman–Crippen MR) is 104 cm³/mol. The normalized spacial score (nSPS) is 12.0. The van der Waals surface area contributed by atoms with E-state index in [1.165, 1.54) is 6.21 Å². The van der Waals surface area contributed by atoms with Crippen molar-refractivity contribution in [2.45, 2.75) is 0 Å². The molecule has 8 heteroatoms. The van der Waals surface area contributed by atoms with Crippen LogP contribution in [0.5, 0.6) is 11.5 Å². The lowest BCUT2D eigenvalue weighted by atomic mass is 10.2. The largest absolute Gasteiger partial charge is 0.508 e. The van der Waals surface area contributed by atoms with E-state index < -0.39 is 0 Å². The monoisotopic (exact) mass is 365 g/mol. The number of phenols is 1. The number of methoxy groups -OCH3 is 1. The number of nitrogens with two attached hydrogens (primary N) is 1. The second-order valence-electron chi connectivity index (χ2n) is 5.54. The van der Waals surface area contributed by atoms with Crippen LogP contribution in [0.15, 0.2) is 58.8 Å². The number of nitrogens with zero attached hydrogens (tertiary/aromatic N) is 4. The minimum atomic E-state index is 0.171. The predicted octanol–water partition coefficient (Wildman–Crippen LogP) is 2.43. The Hall–Kier alpha value is -3.52. The van der Waals surface area contributed by atoms with Crippen molar-refractivity contribution in [2.24, 2.45) is 15.9 Å². The van der Waals surface area contributed by atoms with Crippen molar-refractivity contribution in [3.8, 4) is 11.5 Å². The quantitative estimate of drug-likeness (QED) is 0.288. The molecule has 1 aromatic heterocycles. The van der Waals surface area contributed by atoms with Crippen LogP contribution in [0.3, 0.4) is 0 Å². The summed E-state index contributed by atoms with van der Waals surface area (Å²) in [7, 11) is 1.63. The second-order valence-corrected chi connectivity index (χ2v) is 5.54. The number of aromatic hydroxyl groups is 1. The highest BCUT2D eigenvalue weighted by Crippen LogP contribution is 2.19. The van der Waals surface area contributed by atoms with Gasteiger partial charge in [-0.2, -0.15) is 5.10 Å². The lowest BCUT2D eigenvalue weighted by molar-refractivity contribution is 0.146. The van der Waals surface area contributed by atoms with E-state index >= 15 is 0 Å². The van der Waals surface area contributed by atoms with E-state index in [0.29, 0.717) is 30.4 Å². The Morgan fingerprint density at radius 3 is 2.74 bits per heavy atom. The molecule has 0 aliphatic heterocycles. The van der Waals surface area contributed by atoms with Crippen LogP contribution < -0.4 is 10.6 Å². The molecule has 0 fully saturated rings. The average Bonchev–Trinajstić information content (AvgIpc) is 2.70. The SMILES string of the molecule is COCCOc1ccc2nc(C(C=Nc3ccc(O)cc3)=NN)ncc2c1. The second kappa shape index (κ2) is 8.72. The molecule has 0 bridgehead atoms. The fourth-order valence-corrected chi connectivity index (χ4v) is 2.29. The maximum Gasteiger partial charge on any atom is 0.182 e. The fourth-order valence-electron chi connectivity index (χ4n) is 2.29. The Labute approximate surface area is 156 Å². The molecule has 0 radical (unpaired) electrons. The van der Waals surface area contributed by atoms with E-state index in [1.54, 1.807) is 37.6 Å². The molecule has 0 saturated heterocycles. The summed E-state index contributed by atoms with van der Waals surface area (Å²) in [5, 5.41) is 13.9. The fraction of sp³-hybridized carbons (Fsp3) is 0.158. The molecule has 0 atom stereocenters. The van der Waals surface area contributed by atoms with Gasteiger partial charge in [-0.15, -0.1) is 0 Å². The summed E-state index contributed by atoms with van der Waals surface area (Å²) in [6, 6.07) is 12.0. The van der Waals surface area contributed by atoms with Crippen LogP contribution in [0.25, 0.3) is 10.9 Å². The molecule has 2 aromatic carbocycles. The van der Waals surface area contributed by atoms with E-state index in [1.807, 2.05) is 18.2 Å². The first kappa shape index (κ1) is 18.3. The first-order valence-electron chi connectivity index (χ1n) is 8.19. The number of hydrogen-bond donors (Lipinski definition) is 2. The maximum absolute atomic E-state index is 9.31.